The zero-order valence-electron chi connectivity index (χ0n) is 11.1. The van der Waals surface area contributed by atoms with Gasteiger partial charge in [0.1, 0.15) is 17.2 Å². The highest BCUT2D eigenvalue weighted by Gasteiger charge is 2.35. The monoisotopic (exact) mass is 265 g/mol. The number of rotatable bonds is 5. The van der Waals surface area contributed by atoms with Crippen molar-refractivity contribution in [2.24, 2.45) is 0 Å². The fourth-order valence-electron chi connectivity index (χ4n) is 2.33. The first kappa shape index (κ1) is 12.6. The van der Waals surface area contributed by atoms with Gasteiger partial charge in [0.2, 0.25) is 0 Å². The Bertz CT molecular complexity index is 504. The van der Waals surface area contributed by atoms with Crippen molar-refractivity contribution in [3.8, 4) is 0 Å². The Morgan fingerprint density at radius 2 is 2.47 bits per heavy atom. The van der Waals surface area contributed by atoms with Crippen LogP contribution in [-0.4, -0.2) is 42.4 Å². The lowest BCUT2D eigenvalue weighted by Crippen LogP contribution is -2.40. The van der Waals surface area contributed by atoms with Gasteiger partial charge in [0.15, 0.2) is 0 Å². The molecule has 2 aliphatic rings. The maximum atomic E-state index is 11.6. The Morgan fingerprint density at radius 1 is 1.63 bits per heavy atom. The molecule has 1 saturated heterocycles. The van der Waals surface area contributed by atoms with Gasteiger partial charge in [-0.3, -0.25) is 4.79 Å². The molecule has 1 aliphatic heterocycles. The molecule has 0 radical (unpaired) electrons. The standard InChI is InChI=1S/C13H19N3O3/c1-18-13(4-5-19-8-13)7-14-10-6-11(17)16-12(15-10)9-2-3-9/h6,9H,2-5,7-8H2,1H3,(H2,14,15,16,17). The lowest BCUT2D eigenvalue weighted by Gasteiger charge is -2.26. The minimum absolute atomic E-state index is 0.103. The van der Waals surface area contributed by atoms with Crippen LogP contribution in [0.1, 0.15) is 31.0 Å². The van der Waals surface area contributed by atoms with Crippen LogP contribution in [0.2, 0.25) is 0 Å². The Kier molecular flexibility index (Phi) is 3.28. The molecule has 1 aliphatic carbocycles. The van der Waals surface area contributed by atoms with E-state index in [0.29, 0.717) is 31.5 Å². The lowest BCUT2D eigenvalue weighted by molar-refractivity contribution is -0.00625. The normalized spacial score (nSPS) is 26.6. The van der Waals surface area contributed by atoms with E-state index in [1.807, 2.05) is 0 Å². The van der Waals surface area contributed by atoms with Gasteiger partial charge in [-0.1, -0.05) is 0 Å². The van der Waals surface area contributed by atoms with Crippen LogP contribution < -0.4 is 10.9 Å². The number of nitrogens with zero attached hydrogens (tertiary/aromatic N) is 1. The fraction of sp³-hybridized carbons (Fsp3) is 0.692. The number of H-pyrrole nitrogens is 1. The summed E-state index contributed by atoms with van der Waals surface area (Å²) in [5, 5.41) is 3.21. The molecule has 6 heteroatoms. The van der Waals surface area contributed by atoms with Crippen LogP contribution in [-0.2, 0) is 9.47 Å². The Balaban J connectivity index is 1.70. The molecule has 0 bridgehead atoms. The molecular weight excluding hydrogens is 246 g/mol. The van der Waals surface area contributed by atoms with Crippen molar-refractivity contribution in [2.75, 3.05) is 32.2 Å². The number of hydrogen-bond donors (Lipinski definition) is 2. The van der Waals surface area contributed by atoms with Crippen molar-refractivity contribution < 1.29 is 9.47 Å². The highest BCUT2D eigenvalue weighted by molar-refractivity contribution is 5.34. The van der Waals surface area contributed by atoms with E-state index < -0.39 is 0 Å². The van der Waals surface area contributed by atoms with E-state index >= 15 is 0 Å². The van der Waals surface area contributed by atoms with Gasteiger partial charge in [-0.25, -0.2) is 4.98 Å². The van der Waals surface area contributed by atoms with Crippen molar-refractivity contribution in [3.05, 3.63) is 22.2 Å². The molecule has 1 unspecified atom stereocenters. The van der Waals surface area contributed by atoms with Gasteiger partial charge in [0, 0.05) is 38.7 Å². The quantitative estimate of drug-likeness (QED) is 0.826. The number of anilines is 1. The Morgan fingerprint density at radius 3 is 3.11 bits per heavy atom. The third-order valence-corrected chi connectivity index (χ3v) is 3.82. The van der Waals surface area contributed by atoms with Crippen molar-refractivity contribution in [1.82, 2.24) is 9.97 Å². The second kappa shape index (κ2) is 4.94. The van der Waals surface area contributed by atoms with E-state index in [0.717, 1.165) is 25.1 Å². The van der Waals surface area contributed by atoms with Gasteiger partial charge in [-0.15, -0.1) is 0 Å². The molecule has 2 fully saturated rings. The molecule has 0 amide bonds. The van der Waals surface area contributed by atoms with Crippen LogP contribution >= 0.6 is 0 Å². The third-order valence-electron chi connectivity index (χ3n) is 3.82. The molecule has 0 aromatic carbocycles. The smallest absolute Gasteiger partial charge is 0.252 e. The topological polar surface area (TPSA) is 76.2 Å². The molecule has 2 N–H and O–H groups in total. The van der Waals surface area contributed by atoms with Crippen LogP contribution in [0.3, 0.4) is 0 Å². The number of ether oxygens (including phenoxy) is 2. The number of methoxy groups -OCH3 is 1. The van der Waals surface area contributed by atoms with Crippen LogP contribution in [0.25, 0.3) is 0 Å². The molecule has 0 spiro atoms. The highest BCUT2D eigenvalue weighted by atomic mass is 16.5. The Labute approximate surface area is 111 Å². The number of aromatic nitrogens is 2. The summed E-state index contributed by atoms with van der Waals surface area (Å²) in [6.07, 6.45) is 3.08. The summed E-state index contributed by atoms with van der Waals surface area (Å²) in [6, 6.07) is 1.49. The van der Waals surface area contributed by atoms with E-state index in [1.165, 1.54) is 6.07 Å². The second-order valence-corrected chi connectivity index (χ2v) is 5.33. The molecule has 1 saturated carbocycles. The minimum atomic E-state index is -0.302. The SMILES string of the molecule is COC1(CNc2cc(=O)[nH]c(C3CC3)n2)CCOC1. The predicted octanol–water partition coefficient (Wildman–Crippen LogP) is 0.865. The van der Waals surface area contributed by atoms with Crippen molar-refractivity contribution >= 4 is 5.82 Å². The molecule has 1 atom stereocenters. The average Bonchev–Trinajstić information content (AvgIpc) is 3.16. The lowest BCUT2D eigenvalue weighted by atomic mass is 10.0. The zero-order chi connectivity index (χ0) is 13.3. The van der Waals surface area contributed by atoms with Gasteiger partial charge < -0.3 is 19.8 Å². The van der Waals surface area contributed by atoms with Crippen molar-refractivity contribution in [2.45, 2.75) is 30.8 Å². The average molecular weight is 265 g/mol. The summed E-state index contributed by atoms with van der Waals surface area (Å²) in [4.78, 5) is 18.9. The fourth-order valence-corrected chi connectivity index (χ4v) is 2.33. The first-order chi connectivity index (χ1) is 9.21. The largest absolute Gasteiger partial charge is 0.378 e. The van der Waals surface area contributed by atoms with Crippen LogP contribution in [0.4, 0.5) is 5.82 Å². The molecule has 1 aromatic heterocycles. The summed E-state index contributed by atoms with van der Waals surface area (Å²) in [7, 11) is 1.69. The van der Waals surface area contributed by atoms with Crippen LogP contribution in [0.15, 0.2) is 10.9 Å². The van der Waals surface area contributed by atoms with Gasteiger partial charge in [-0.2, -0.15) is 0 Å². The number of nitrogens with one attached hydrogen (secondary N) is 2. The van der Waals surface area contributed by atoms with Gasteiger partial charge in [0.25, 0.3) is 5.56 Å². The maximum absolute atomic E-state index is 11.6. The van der Waals surface area contributed by atoms with Crippen LogP contribution in [0, 0.1) is 0 Å². The summed E-state index contributed by atoms with van der Waals surface area (Å²) in [5.41, 5.74) is -0.405. The van der Waals surface area contributed by atoms with E-state index in [9.17, 15) is 4.79 Å². The van der Waals surface area contributed by atoms with Gasteiger partial charge >= 0.3 is 0 Å². The second-order valence-electron chi connectivity index (χ2n) is 5.33. The highest BCUT2D eigenvalue weighted by Crippen LogP contribution is 2.37. The molecule has 104 valence electrons. The van der Waals surface area contributed by atoms with Crippen molar-refractivity contribution in [3.63, 3.8) is 0 Å². The summed E-state index contributed by atoms with van der Waals surface area (Å²) in [5.74, 6) is 1.85. The third kappa shape index (κ3) is 2.79. The van der Waals surface area contributed by atoms with Gasteiger partial charge in [0.05, 0.1) is 6.61 Å². The van der Waals surface area contributed by atoms with Gasteiger partial charge in [-0.05, 0) is 12.8 Å². The summed E-state index contributed by atoms with van der Waals surface area (Å²) in [6.45, 7) is 1.89. The van der Waals surface area contributed by atoms with Crippen molar-refractivity contribution in [1.29, 1.82) is 0 Å². The molecule has 3 rings (SSSR count). The Hall–Kier alpha value is -1.40. The zero-order valence-corrected chi connectivity index (χ0v) is 11.1. The van der Waals surface area contributed by atoms with E-state index in [4.69, 9.17) is 9.47 Å². The molecule has 6 nitrogen and oxygen atoms in total. The first-order valence-electron chi connectivity index (χ1n) is 6.69. The number of hydrogen-bond acceptors (Lipinski definition) is 5. The summed E-state index contributed by atoms with van der Waals surface area (Å²) >= 11 is 0. The minimum Gasteiger partial charge on any atom is -0.378 e. The van der Waals surface area contributed by atoms with E-state index in [1.54, 1.807) is 7.11 Å². The molecular formula is C13H19N3O3. The summed E-state index contributed by atoms with van der Waals surface area (Å²) < 4.78 is 10.9. The van der Waals surface area contributed by atoms with Crippen LogP contribution in [0.5, 0.6) is 0 Å². The number of aromatic amines is 1. The molecule has 2 heterocycles. The predicted molar refractivity (Wildman–Crippen MR) is 70.5 cm³/mol. The molecule has 1 aromatic rings. The molecule has 19 heavy (non-hydrogen) atoms. The van der Waals surface area contributed by atoms with E-state index in [2.05, 4.69) is 15.3 Å². The maximum Gasteiger partial charge on any atom is 0.252 e. The first-order valence-corrected chi connectivity index (χ1v) is 6.69. The van der Waals surface area contributed by atoms with E-state index in [-0.39, 0.29) is 11.2 Å².